The Morgan fingerprint density at radius 2 is 1.86 bits per heavy atom. The van der Waals surface area contributed by atoms with Gasteiger partial charge in [-0.25, -0.2) is 0 Å². The Morgan fingerprint density at radius 3 is 2.52 bits per heavy atom. The van der Waals surface area contributed by atoms with Gasteiger partial charge in [-0.15, -0.1) is 0 Å². The second-order valence-electron chi connectivity index (χ2n) is 7.30. The first-order chi connectivity index (χ1) is 9.88. The minimum atomic E-state index is 0.385. The highest BCUT2D eigenvalue weighted by atomic mass is 35.5. The Kier molecular flexibility index (Phi) is 5.99. The quantitative estimate of drug-likeness (QED) is 0.744. The van der Waals surface area contributed by atoms with Crippen LogP contribution in [0.3, 0.4) is 0 Å². The molecule has 2 unspecified atom stereocenters. The van der Waals surface area contributed by atoms with Crippen LogP contribution in [0, 0.1) is 11.3 Å². The number of hydrogen-bond donors (Lipinski definition) is 1. The zero-order valence-corrected chi connectivity index (χ0v) is 14.9. The monoisotopic (exact) mass is 327 g/mol. The zero-order chi connectivity index (χ0) is 15.5. The SMILES string of the molecule is CC(C)(C)C1CCCCC1NCCc1ccc(Cl)cc1Cl. The summed E-state index contributed by atoms with van der Waals surface area (Å²) in [6.07, 6.45) is 6.34. The first kappa shape index (κ1) is 17.1. The van der Waals surface area contributed by atoms with Crippen LogP contribution in [-0.4, -0.2) is 12.6 Å². The average molecular weight is 328 g/mol. The van der Waals surface area contributed by atoms with Crippen molar-refractivity contribution in [1.29, 1.82) is 0 Å². The first-order valence-electron chi connectivity index (χ1n) is 8.05. The van der Waals surface area contributed by atoms with Gasteiger partial charge in [0.15, 0.2) is 0 Å². The van der Waals surface area contributed by atoms with Gasteiger partial charge in [-0.1, -0.05) is 62.9 Å². The lowest BCUT2D eigenvalue weighted by atomic mass is 9.69. The maximum Gasteiger partial charge on any atom is 0.0453 e. The van der Waals surface area contributed by atoms with Crippen molar-refractivity contribution >= 4 is 23.2 Å². The number of hydrogen-bond acceptors (Lipinski definition) is 1. The Morgan fingerprint density at radius 1 is 1.14 bits per heavy atom. The molecule has 1 aliphatic rings. The van der Waals surface area contributed by atoms with Gasteiger partial charge in [-0.3, -0.25) is 0 Å². The third-order valence-corrected chi connectivity index (χ3v) is 5.28. The normalized spacial score (nSPS) is 23.3. The molecule has 1 aliphatic carbocycles. The summed E-state index contributed by atoms with van der Waals surface area (Å²) in [5.41, 5.74) is 1.56. The molecule has 21 heavy (non-hydrogen) atoms. The topological polar surface area (TPSA) is 12.0 Å². The predicted octanol–water partition coefficient (Wildman–Crippen LogP) is 5.73. The van der Waals surface area contributed by atoms with Crippen LogP contribution in [0.15, 0.2) is 18.2 Å². The number of rotatable bonds is 4. The van der Waals surface area contributed by atoms with Crippen LogP contribution in [0.5, 0.6) is 0 Å². The molecule has 0 saturated heterocycles. The Bertz CT molecular complexity index is 465. The molecule has 1 fully saturated rings. The Labute approximate surface area is 139 Å². The van der Waals surface area contributed by atoms with Crippen LogP contribution in [0.4, 0.5) is 0 Å². The highest BCUT2D eigenvalue weighted by molar-refractivity contribution is 6.35. The lowest BCUT2D eigenvalue weighted by molar-refractivity contribution is 0.131. The molecular weight excluding hydrogens is 301 g/mol. The van der Waals surface area contributed by atoms with Crippen molar-refractivity contribution < 1.29 is 0 Å². The van der Waals surface area contributed by atoms with Gasteiger partial charge in [-0.2, -0.15) is 0 Å². The second kappa shape index (κ2) is 7.35. The molecule has 1 N–H and O–H groups in total. The summed E-state index contributed by atoms with van der Waals surface area (Å²) in [5.74, 6) is 0.770. The third kappa shape index (κ3) is 4.87. The van der Waals surface area contributed by atoms with Gasteiger partial charge in [0.1, 0.15) is 0 Å². The largest absolute Gasteiger partial charge is 0.313 e. The van der Waals surface area contributed by atoms with Crippen LogP contribution < -0.4 is 5.32 Å². The van der Waals surface area contributed by atoms with Crippen molar-refractivity contribution in [3.05, 3.63) is 33.8 Å². The molecular formula is C18H27Cl2N. The maximum absolute atomic E-state index is 6.24. The van der Waals surface area contributed by atoms with Gasteiger partial charge in [0.2, 0.25) is 0 Å². The first-order valence-corrected chi connectivity index (χ1v) is 8.81. The van der Waals surface area contributed by atoms with Crippen LogP contribution in [0.1, 0.15) is 52.0 Å². The second-order valence-corrected chi connectivity index (χ2v) is 8.15. The molecule has 1 nitrogen and oxygen atoms in total. The molecule has 1 aromatic rings. The molecule has 0 aliphatic heterocycles. The van der Waals surface area contributed by atoms with E-state index in [0.717, 1.165) is 23.9 Å². The number of nitrogens with one attached hydrogen (secondary N) is 1. The molecule has 0 bridgehead atoms. The highest BCUT2D eigenvalue weighted by Crippen LogP contribution is 2.38. The van der Waals surface area contributed by atoms with E-state index in [1.807, 2.05) is 18.2 Å². The van der Waals surface area contributed by atoms with Gasteiger partial charge >= 0.3 is 0 Å². The molecule has 0 heterocycles. The molecule has 0 spiro atoms. The molecule has 2 atom stereocenters. The molecule has 2 rings (SSSR count). The van der Waals surface area contributed by atoms with Crippen molar-refractivity contribution in [1.82, 2.24) is 5.32 Å². The summed E-state index contributed by atoms with van der Waals surface area (Å²) in [6.45, 7) is 8.09. The van der Waals surface area contributed by atoms with Gasteiger partial charge in [0.25, 0.3) is 0 Å². The number of halogens is 2. The standard InChI is InChI=1S/C18H27Cl2N/c1-18(2,3)15-6-4-5-7-17(15)21-11-10-13-8-9-14(19)12-16(13)20/h8-9,12,15,17,21H,4-7,10-11H2,1-3H3. The van der Waals surface area contributed by atoms with Crippen molar-refractivity contribution in [2.24, 2.45) is 11.3 Å². The summed E-state index contributed by atoms with van der Waals surface area (Å²) in [6, 6.07) is 6.43. The maximum atomic E-state index is 6.24. The van der Waals surface area contributed by atoms with E-state index in [0.29, 0.717) is 16.5 Å². The number of benzene rings is 1. The van der Waals surface area contributed by atoms with Gasteiger partial charge in [0.05, 0.1) is 0 Å². The minimum Gasteiger partial charge on any atom is -0.313 e. The van der Waals surface area contributed by atoms with Crippen LogP contribution >= 0.6 is 23.2 Å². The van der Waals surface area contributed by atoms with E-state index in [-0.39, 0.29) is 0 Å². The van der Waals surface area contributed by atoms with Crippen molar-refractivity contribution in [3.63, 3.8) is 0 Å². The molecule has 1 aromatic carbocycles. The minimum absolute atomic E-state index is 0.385. The zero-order valence-electron chi connectivity index (χ0n) is 13.4. The molecule has 0 amide bonds. The van der Waals surface area contributed by atoms with Crippen molar-refractivity contribution in [2.45, 2.75) is 58.9 Å². The molecule has 0 aromatic heterocycles. The van der Waals surface area contributed by atoms with E-state index in [9.17, 15) is 0 Å². The van der Waals surface area contributed by atoms with Gasteiger partial charge in [0, 0.05) is 16.1 Å². The van der Waals surface area contributed by atoms with E-state index < -0.39 is 0 Å². The average Bonchev–Trinajstić information content (AvgIpc) is 2.41. The van der Waals surface area contributed by atoms with E-state index in [1.54, 1.807) is 0 Å². The summed E-state index contributed by atoms with van der Waals surface area (Å²) in [5, 5.41) is 5.26. The third-order valence-electron chi connectivity index (χ3n) is 4.69. The fourth-order valence-electron chi connectivity index (χ4n) is 3.53. The lowest BCUT2D eigenvalue weighted by Gasteiger charge is -2.41. The van der Waals surface area contributed by atoms with E-state index in [1.165, 1.54) is 31.2 Å². The summed E-state index contributed by atoms with van der Waals surface area (Å²) in [7, 11) is 0. The fraction of sp³-hybridized carbons (Fsp3) is 0.667. The summed E-state index contributed by atoms with van der Waals surface area (Å²) in [4.78, 5) is 0. The molecule has 118 valence electrons. The predicted molar refractivity (Wildman–Crippen MR) is 93.4 cm³/mol. The molecule has 1 saturated carbocycles. The van der Waals surface area contributed by atoms with Crippen LogP contribution in [-0.2, 0) is 6.42 Å². The molecule has 0 radical (unpaired) electrons. The van der Waals surface area contributed by atoms with Gasteiger partial charge in [-0.05, 0) is 54.8 Å². The summed E-state index contributed by atoms with van der Waals surface area (Å²) < 4.78 is 0. The van der Waals surface area contributed by atoms with E-state index in [2.05, 4.69) is 26.1 Å². The fourth-order valence-corrected chi connectivity index (χ4v) is 4.03. The lowest BCUT2D eigenvalue weighted by Crippen LogP contribution is -2.44. The van der Waals surface area contributed by atoms with E-state index in [4.69, 9.17) is 23.2 Å². The van der Waals surface area contributed by atoms with E-state index >= 15 is 0 Å². The van der Waals surface area contributed by atoms with Crippen LogP contribution in [0.2, 0.25) is 10.0 Å². The summed E-state index contributed by atoms with van der Waals surface area (Å²) >= 11 is 12.2. The van der Waals surface area contributed by atoms with Crippen molar-refractivity contribution in [3.8, 4) is 0 Å². The molecule has 3 heteroatoms. The Balaban J connectivity index is 1.89. The highest BCUT2D eigenvalue weighted by Gasteiger charge is 2.33. The van der Waals surface area contributed by atoms with Crippen molar-refractivity contribution in [2.75, 3.05) is 6.54 Å². The van der Waals surface area contributed by atoms with Crippen LogP contribution in [0.25, 0.3) is 0 Å². The smallest absolute Gasteiger partial charge is 0.0453 e. The Hall–Kier alpha value is -0.240. The van der Waals surface area contributed by atoms with Gasteiger partial charge < -0.3 is 5.32 Å².